The molecule has 4 heteroatoms. The fourth-order valence-electron chi connectivity index (χ4n) is 2.45. The highest BCUT2D eigenvalue weighted by Crippen LogP contribution is 2.28. The van der Waals surface area contributed by atoms with Gasteiger partial charge in [-0.05, 0) is 38.1 Å². The molecule has 0 atom stereocenters. The second kappa shape index (κ2) is 5.48. The van der Waals surface area contributed by atoms with Gasteiger partial charge in [0.25, 0.3) is 0 Å². The first kappa shape index (κ1) is 13.5. The van der Waals surface area contributed by atoms with Crippen molar-refractivity contribution in [3.63, 3.8) is 0 Å². The number of pyridine rings is 1. The summed E-state index contributed by atoms with van der Waals surface area (Å²) in [5.74, 6) is 1.03. The molecule has 0 unspecified atom stereocenters. The first-order chi connectivity index (χ1) is 10.1. The lowest BCUT2D eigenvalue weighted by Crippen LogP contribution is -1.98. The minimum Gasteiger partial charge on any atom is -0.508 e. The van der Waals surface area contributed by atoms with Crippen LogP contribution in [0.15, 0.2) is 48.9 Å². The van der Waals surface area contributed by atoms with Crippen LogP contribution in [0.2, 0.25) is 0 Å². The normalized spacial score (nSPS) is 11.2. The van der Waals surface area contributed by atoms with Crippen LogP contribution < -0.4 is 4.74 Å². The van der Waals surface area contributed by atoms with Crippen LogP contribution in [0.25, 0.3) is 10.9 Å². The van der Waals surface area contributed by atoms with Crippen LogP contribution in [0.5, 0.6) is 11.5 Å². The summed E-state index contributed by atoms with van der Waals surface area (Å²) in [4.78, 5) is 4.04. The third-order valence-electron chi connectivity index (χ3n) is 3.49. The lowest BCUT2D eigenvalue weighted by molar-refractivity contribution is 0.306. The van der Waals surface area contributed by atoms with Crippen molar-refractivity contribution >= 4 is 10.9 Å². The molecule has 0 saturated carbocycles. The minimum absolute atomic E-state index is 0.280. The highest BCUT2D eigenvalue weighted by molar-refractivity contribution is 5.85. The summed E-state index contributed by atoms with van der Waals surface area (Å²) in [6, 6.07) is 9.50. The molecule has 4 nitrogen and oxygen atoms in total. The molecular weight excluding hydrogens is 264 g/mol. The van der Waals surface area contributed by atoms with Crippen molar-refractivity contribution < 1.29 is 9.84 Å². The molecular formula is C17H18N2O2. The van der Waals surface area contributed by atoms with Crippen molar-refractivity contribution in [3.8, 4) is 11.5 Å². The first-order valence-corrected chi connectivity index (χ1v) is 7.00. The number of phenols is 1. The van der Waals surface area contributed by atoms with Gasteiger partial charge in [-0.1, -0.05) is 0 Å². The number of nitrogens with zero attached hydrogens (tertiary/aromatic N) is 2. The van der Waals surface area contributed by atoms with E-state index >= 15 is 0 Å². The van der Waals surface area contributed by atoms with Gasteiger partial charge < -0.3 is 14.4 Å². The number of hydrogen-bond acceptors (Lipinski definition) is 3. The molecule has 108 valence electrons. The van der Waals surface area contributed by atoms with Crippen molar-refractivity contribution in [2.24, 2.45) is 0 Å². The summed E-state index contributed by atoms with van der Waals surface area (Å²) < 4.78 is 7.93. The Morgan fingerprint density at radius 1 is 1.29 bits per heavy atom. The SMILES string of the molecule is CC(C)n1cc(COc2cccnc2)c2ccc(O)cc21. The molecule has 0 aliphatic rings. The average molecular weight is 282 g/mol. The Labute approximate surface area is 123 Å². The van der Waals surface area contributed by atoms with Crippen LogP contribution in [0.3, 0.4) is 0 Å². The van der Waals surface area contributed by atoms with E-state index in [0.29, 0.717) is 12.6 Å². The molecule has 0 fully saturated rings. The maximum atomic E-state index is 9.70. The summed E-state index contributed by atoms with van der Waals surface area (Å²) in [5, 5.41) is 10.8. The molecule has 0 bridgehead atoms. The fraction of sp³-hybridized carbons (Fsp3) is 0.235. The number of hydrogen-bond donors (Lipinski definition) is 1. The number of phenolic OH excluding ortho intramolecular Hbond substituents is 1. The molecule has 1 aromatic carbocycles. The van der Waals surface area contributed by atoms with Crippen molar-refractivity contribution in [2.75, 3.05) is 0 Å². The zero-order valence-corrected chi connectivity index (χ0v) is 12.2. The third kappa shape index (κ3) is 2.70. The summed E-state index contributed by atoms with van der Waals surface area (Å²) in [7, 11) is 0. The zero-order valence-electron chi connectivity index (χ0n) is 12.2. The van der Waals surface area contributed by atoms with Crippen molar-refractivity contribution in [3.05, 3.63) is 54.5 Å². The van der Waals surface area contributed by atoms with E-state index in [9.17, 15) is 5.11 Å². The van der Waals surface area contributed by atoms with Gasteiger partial charge >= 0.3 is 0 Å². The van der Waals surface area contributed by atoms with Crippen molar-refractivity contribution in [2.45, 2.75) is 26.5 Å². The lowest BCUT2D eigenvalue weighted by atomic mass is 10.2. The van der Waals surface area contributed by atoms with Gasteiger partial charge in [0.1, 0.15) is 18.1 Å². The lowest BCUT2D eigenvalue weighted by Gasteiger charge is -2.08. The van der Waals surface area contributed by atoms with Gasteiger partial charge in [-0.15, -0.1) is 0 Å². The van der Waals surface area contributed by atoms with Crippen LogP contribution in [0, 0.1) is 0 Å². The number of rotatable bonds is 4. The molecule has 3 aromatic rings. The predicted molar refractivity (Wildman–Crippen MR) is 82.6 cm³/mol. The molecule has 0 aliphatic heterocycles. The van der Waals surface area contributed by atoms with E-state index in [1.54, 1.807) is 24.5 Å². The van der Waals surface area contributed by atoms with Crippen LogP contribution in [0.4, 0.5) is 0 Å². The number of aromatic hydroxyl groups is 1. The average Bonchev–Trinajstić information content (AvgIpc) is 2.84. The molecule has 3 rings (SSSR count). The molecule has 0 spiro atoms. The monoisotopic (exact) mass is 282 g/mol. The molecule has 0 amide bonds. The minimum atomic E-state index is 0.280. The Morgan fingerprint density at radius 3 is 2.86 bits per heavy atom. The quantitative estimate of drug-likeness (QED) is 0.789. The van der Waals surface area contributed by atoms with Gasteiger partial charge in [0.2, 0.25) is 0 Å². The van der Waals surface area contributed by atoms with Gasteiger partial charge in [0.15, 0.2) is 0 Å². The van der Waals surface area contributed by atoms with E-state index < -0.39 is 0 Å². The number of benzene rings is 1. The maximum Gasteiger partial charge on any atom is 0.138 e. The highest BCUT2D eigenvalue weighted by Gasteiger charge is 2.11. The standard InChI is InChI=1S/C17H18N2O2/c1-12(2)19-10-13(11-21-15-4-3-7-18-9-15)16-6-5-14(20)8-17(16)19/h3-10,12,20H,11H2,1-2H3. The van der Waals surface area contributed by atoms with E-state index in [2.05, 4.69) is 29.6 Å². The van der Waals surface area contributed by atoms with Gasteiger partial charge in [0.05, 0.1) is 11.7 Å². The second-order valence-electron chi connectivity index (χ2n) is 5.33. The van der Waals surface area contributed by atoms with Gasteiger partial charge in [-0.25, -0.2) is 0 Å². The first-order valence-electron chi connectivity index (χ1n) is 7.00. The van der Waals surface area contributed by atoms with E-state index in [0.717, 1.165) is 22.2 Å². The van der Waals surface area contributed by atoms with Gasteiger partial charge in [-0.2, -0.15) is 0 Å². The van der Waals surface area contributed by atoms with Crippen LogP contribution in [0.1, 0.15) is 25.5 Å². The highest BCUT2D eigenvalue weighted by atomic mass is 16.5. The van der Waals surface area contributed by atoms with Gasteiger partial charge in [-0.3, -0.25) is 4.98 Å². The van der Waals surface area contributed by atoms with E-state index in [-0.39, 0.29) is 5.75 Å². The van der Waals surface area contributed by atoms with Gasteiger partial charge in [0, 0.05) is 35.5 Å². The molecule has 0 aliphatic carbocycles. The summed E-state index contributed by atoms with van der Waals surface area (Å²) in [6.07, 6.45) is 5.51. The molecule has 0 radical (unpaired) electrons. The van der Waals surface area contributed by atoms with E-state index in [1.165, 1.54) is 0 Å². The summed E-state index contributed by atoms with van der Waals surface area (Å²) in [5.41, 5.74) is 2.12. The third-order valence-corrected chi connectivity index (χ3v) is 3.49. The topological polar surface area (TPSA) is 47.3 Å². The number of ether oxygens (including phenoxy) is 1. The number of fused-ring (bicyclic) bond motifs is 1. The summed E-state index contributed by atoms with van der Waals surface area (Å²) in [6.45, 7) is 4.72. The maximum absolute atomic E-state index is 9.70. The zero-order chi connectivity index (χ0) is 14.8. The molecule has 1 N–H and O–H groups in total. The Balaban J connectivity index is 1.95. The number of aromatic nitrogens is 2. The second-order valence-corrected chi connectivity index (χ2v) is 5.33. The fourth-order valence-corrected chi connectivity index (χ4v) is 2.45. The smallest absolute Gasteiger partial charge is 0.138 e. The van der Waals surface area contributed by atoms with Crippen LogP contribution >= 0.6 is 0 Å². The van der Waals surface area contributed by atoms with Crippen LogP contribution in [-0.2, 0) is 6.61 Å². The van der Waals surface area contributed by atoms with Crippen molar-refractivity contribution in [1.82, 2.24) is 9.55 Å². The molecule has 2 heterocycles. The molecule has 0 saturated heterocycles. The Kier molecular flexibility index (Phi) is 3.52. The predicted octanol–water partition coefficient (Wildman–Crippen LogP) is 3.90. The Hall–Kier alpha value is -2.49. The summed E-state index contributed by atoms with van der Waals surface area (Å²) >= 11 is 0. The van der Waals surface area contributed by atoms with Crippen LogP contribution in [-0.4, -0.2) is 14.7 Å². The van der Waals surface area contributed by atoms with E-state index in [4.69, 9.17) is 4.74 Å². The Bertz CT molecular complexity index is 748. The molecule has 21 heavy (non-hydrogen) atoms. The molecule has 2 aromatic heterocycles. The van der Waals surface area contributed by atoms with Crippen molar-refractivity contribution in [1.29, 1.82) is 0 Å². The Morgan fingerprint density at radius 2 is 2.14 bits per heavy atom. The van der Waals surface area contributed by atoms with E-state index in [1.807, 2.05) is 18.2 Å². The largest absolute Gasteiger partial charge is 0.508 e.